The van der Waals surface area contributed by atoms with E-state index in [4.69, 9.17) is 9.47 Å². The lowest BCUT2D eigenvalue weighted by molar-refractivity contribution is -0.149. The van der Waals surface area contributed by atoms with Gasteiger partial charge in [-0.05, 0) is 49.2 Å². The van der Waals surface area contributed by atoms with Gasteiger partial charge in [0.1, 0.15) is 17.4 Å². The van der Waals surface area contributed by atoms with E-state index in [1.54, 1.807) is 29.0 Å². The summed E-state index contributed by atoms with van der Waals surface area (Å²) in [7, 11) is 1.58. The minimum absolute atomic E-state index is 0.210. The van der Waals surface area contributed by atoms with E-state index in [1.807, 2.05) is 80.6 Å². The van der Waals surface area contributed by atoms with Crippen LogP contribution in [-0.2, 0) is 19.1 Å². The zero-order chi connectivity index (χ0) is 29.6. The van der Waals surface area contributed by atoms with Crippen LogP contribution < -0.4 is 14.5 Å². The zero-order valence-corrected chi connectivity index (χ0v) is 24.2. The van der Waals surface area contributed by atoms with Gasteiger partial charge in [-0.1, -0.05) is 56.4 Å². The molecule has 0 radical (unpaired) electrons. The van der Waals surface area contributed by atoms with Crippen molar-refractivity contribution in [3.05, 3.63) is 78.9 Å². The number of aliphatic hydroxyl groups excluding tert-OH is 1. The van der Waals surface area contributed by atoms with Gasteiger partial charge in [-0.2, -0.15) is 0 Å². The highest BCUT2D eigenvalue weighted by molar-refractivity contribution is 6.07. The van der Waals surface area contributed by atoms with E-state index in [-0.39, 0.29) is 30.9 Å². The van der Waals surface area contributed by atoms with Crippen molar-refractivity contribution in [3.63, 3.8) is 0 Å². The molecule has 4 aliphatic heterocycles. The minimum Gasteiger partial charge on any atom is -0.497 e. The third-order valence-electron chi connectivity index (χ3n) is 9.40. The first-order valence-corrected chi connectivity index (χ1v) is 14.7. The third kappa shape index (κ3) is 4.01. The Kier molecular flexibility index (Phi) is 7.19. The molecule has 9 nitrogen and oxygen atoms in total. The van der Waals surface area contributed by atoms with Crippen LogP contribution in [0.2, 0.25) is 0 Å². The number of benzene rings is 2. The second-order valence-corrected chi connectivity index (χ2v) is 11.3. The van der Waals surface area contributed by atoms with E-state index in [0.717, 1.165) is 5.69 Å². The summed E-state index contributed by atoms with van der Waals surface area (Å²) in [4.78, 5) is 48.6. The molecule has 0 aromatic heterocycles. The minimum atomic E-state index is -1.39. The van der Waals surface area contributed by atoms with Crippen LogP contribution in [0.1, 0.15) is 26.7 Å². The van der Waals surface area contributed by atoms with Gasteiger partial charge in [0.2, 0.25) is 11.8 Å². The fourth-order valence-electron chi connectivity index (χ4n) is 7.34. The Morgan fingerprint density at radius 1 is 0.881 bits per heavy atom. The normalized spacial score (nSPS) is 31.0. The molecule has 3 amide bonds. The molecule has 4 aliphatic rings. The number of methoxy groups -OCH3 is 1. The Bertz CT molecular complexity index is 1420. The summed E-state index contributed by atoms with van der Waals surface area (Å²) in [5, 5.41) is 10.4. The number of ether oxygens (including phenoxy) is 2. The van der Waals surface area contributed by atoms with Gasteiger partial charge in [0.05, 0.1) is 37.2 Å². The molecule has 1 spiro atoms. The largest absolute Gasteiger partial charge is 0.497 e. The first kappa shape index (κ1) is 28.2. The highest BCUT2D eigenvalue weighted by Gasteiger charge is 2.76. The molecule has 0 saturated carbocycles. The number of anilines is 2. The maximum Gasteiger partial charge on any atom is 0.253 e. The van der Waals surface area contributed by atoms with Gasteiger partial charge in [0, 0.05) is 24.5 Å². The molecule has 220 valence electrons. The predicted molar refractivity (Wildman–Crippen MR) is 158 cm³/mol. The van der Waals surface area contributed by atoms with Gasteiger partial charge in [-0.25, -0.2) is 0 Å². The number of amides is 3. The molecule has 6 atom stereocenters. The molecule has 2 fully saturated rings. The van der Waals surface area contributed by atoms with Crippen LogP contribution in [0.25, 0.3) is 0 Å². The Balaban J connectivity index is 1.50. The lowest BCUT2D eigenvalue weighted by Crippen LogP contribution is -2.59. The molecule has 1 N–H and O–H groups in total. The first-order valence-electron chi connectivity index (χ1n) is 14.7. The Morgan fingerprint density at radius 3 is 2.14 bits per heavy atom. The number of likely N-dealkylation sites (tertiary alicyclic amines) is 1. The summed E-state index contributed by atoms with van der Waals surface area (Å²) in [6, 6.07) is 14.9. The van der Waals surface area contributed by atoms with Crippen LogP contribution in [-0.4, -0.2) is 77.8 Å². The standard InChI is InChI=1S/C33H37N3O6/c1-4-22(21-37)36-28-31(40)35(24-13-15-25(41-3)16-14-24)20-10-18-33(28)27(30(36)39)26-29(38)34(23-11-7-6-8-12-23)19-9-17-32(26,5-2)42-33/h6-18,22,26-28,37H,4-5,19-21H2,1-3H3/t22-,26+,27-,28?,32-,33-/m0/s1. The number of para-hydroxylation sites is 1. The number of rotatable bonds is 7. The Hall–Kier alpha value is -3.95. The predicted octanol–water partition coefficient (Wildman–Crippen LogP) is 3.33. The number of fused-ring (bicyclic) bond motifs is 2. The lowest BCUT2D eigenvalue weighted by atomic mass is 9.73. The van der Waals surface area contributed by atoms with Crippen molar-refractivity contribution in [1.82, 2.24) is 4.90 Å². The van der Waals surface area contributed by atoms with E-state index < -0.39 is 35.1 Å². The van der Waals surface area contributed by atoms with Gasteiger partial charge < -0.3 is 29.3 Å². The number of aliphatic hydroxyl groups is 1. The van der Waals surface area contributed by atoms with Crippen molar-refractivity contribution >= 4 is 29.1 Å². The van der Waals surface area contributed by atoms with Crippen molar-refractivity contribution in [2.45, 2.75) is 50.0 Å². The average molecular weight is 572 g/mol. The number of carbonyl (C=O) groups excluding carboxylic acids is 3. The smallest absolute Gasteiger partial charge is 0.253 e. The van der Waals surface area contributed by atoms with E-state index >= 15 is 0 Å². The summed E-state index contributed by atoms with van der Waals surface area (Å²) in [5.74, 6) is -2.00. The molecule has 4 heterocycles. The number of carbonyl (C=O) groups is 3. The van der Waals surface area contributed by atoms with Crippen LogP contribution in [0.4, 0.5) is 11.4 Å². The molecule has 2 saturated heterocycles. The van der Waals surface area contributed by atoms with Crippen molar-refractivity contribution in [2.75, 3.05) is 36.6 Å². The molecule has 0 aliphatic carbocycles. The SMILES string of the molecule is CC[C@@H](CO)N1C(=O)[C@@H]2[C@@H]3C(=O)N(c4ccccc4)CC=C[C@]3(CC)O[C@@]23C=CCN(c2ccc(OC)cc2)C(=O)C13. The Labute approximate surface area is 246 Å². The quantitative estimate of drug-likeness (QED) is 0.512. The fourth-order valence-corrected chi connectivity index (χ4v) is 7.34. The number of hydrogen-bond donors (Lipinski definition) is 1. The van der Waals surface area contributed by atoms with E-state index in [0.29, 0.717) is 30.8 Å². The first-order chi connectivity index (χ1) is 20.4. The summed E-state index contributed by atoms with van der Waals surface area (Å²) in [6.45, 7) is 4.13. The maximum atomic E-state index is 14.6. The third-order valence-corrected chi connectivity index (χ3v) is 9.40. The molecule has 6 rings (SSSR count). The van der Waals surface area contributed by atoms with Crippen LogP contribution in [0, 0.1) is 11.8 Å². The molecular formula is C33H37N3O6. The maximum absolute atomic E-state index is 14.6. The molecule has 9 heteroatoms. The van der Waals surface area contributed by atoms with Gasteiger partial charge in [0.25, 0.3) is 5.91 Å². The van der Waals surface area contributed by atoms with E-state index in [2.05, 4.69) is 0 Å². The second kappa shape index (κ2) is 10.7. The van der Waals surface area contributed by atoms with Crippen LogP contribution in [0.15, 0.2) is 78.9 Å². The van der Waals surface area contributed by atoms with E-state index in [9.17, 15) is 19.5 Å². The highest BCUT2D eigenvalue weighted by Crippen LogP contribution is 2.59. The van der Waals surface area contributed by atoms with Gasteiger partial charge in [0.15, 0.2) is 0 Å². The van der Waals surface area contributed by atoms with E-state index in [1.165, 1.54) is 4.90 Å². The monoisotopic (exact) mass is 571 g/mol. The highest BCUT2D eigenvalue weighted by atomic mass is 16.5. The van der Waals surface area contributed by atoms with Gasteiger partial charge >= 0.3 is 0 Å². The topological polar surface area (TPSA) is 99.6 Å². The summed E-state index contributed by atoms with van der Waals surface area (Å²) >= 11 is 0. The fraction of sp³-hybridized carbons (Fsp3) is 0.424. The van der Waals surface area contributed by atoms with Gasteiger partial charge in [-0.3, -0.25) is 14.4 Å². The zero-order valence-electron chi connectivity index (χ0n) is 24.2. The Morgan fingerprint density at radius 2 is 1.52 bits per heavy atom. The van der Waals surface area contributed by atoms with Crippen LogP contribution in [0.5, 0.6) is 5.75 Å². The summed E-state index contributed by atoms with van der Waals surface area (Å²) < 4.78 is 12.3. The van der Waals surface area contributed by atoms with Crippen molar-refractivity contribution < 1.29 is 29.0 Å². The van der Waals surface area contributed by atoms with Crippen molar-refractivity contribution in [1.29, 1.82) is 0 Å². The number of nitrogens with zero attached hydrogens (tertiary/aromatic N) is 3. The van der Waals surface area contributed by atoms with Crippen LogP contribution in [0.3, 0.4) is 0 Å². The molecule has 2 aromatic rings. The van der Waals surface area contributed by atoms with Crippen molar-refractivity contribution in [3.8, 4) is 5.75 Å². The molecular weight excluding hydrogens is 534 g/mol. The summed E-state index contributed by atoms with van der Waals surface area (Å²) in [6.07, 6.45) is 8.44. The van der Waals surface area contributed by atoms with Crippen LogP contribution >= 0.6 is 0 Å². The molecule has 42 heavy (non-hydrogen) atoms. The van der Waals surface area contributed by atoms with Gasteiger partial charge in [-0.15, -0.1) is 0 Å². The molecule has 1 unspecified atom stereocenters. The number of hydrogen-bond acceptors (Lipinski definition) is 6. The molecule has 2 aromatic carbocycles. The molecule has 0 bridgehead atoms. The second-order valence-electron chi connectivity index (χ2n) is 11.3. The lowest BCUT2D eigenvalue weighted by Gasteiger charge is -2.40. The van der Waals surface area contributed by atoms with Crippen molar-refractivity contribution in [2.24, 2.45) is 11.8 Å². The summed E-state index contributed by atoms with van der Waals surface area (Å²) in [5.41, 5.74) is -1.08. The average Bonchev–Trinajstić information content (AvgIpc) is 3.31.